The van der Waals surface area contributed by atoms with Crippen LogP contribution in [-0.4, -0.2) is 29.1 Å². The van der Waals surface area contributed by atoms with Crippen molar-refractivity contribution in [3.05, 3.63) is 95.8 Å². The van der Waals surface area contributed by atoms with Gasteiger partial charge in [-0.05, 0) is 48.4 Å². The molecule has 1 amide bonds. The Morgan fingerprint density at radius 1 is 1.00 bits per heavy atom. The number of para-hydroxylation sites is 1. The Kier molecular flexibility index (Phi) is 7.29. The van der Waals surface area contributed by atoms with Gasteiger partial charge in [-0.3, -0.25) is 9.78 Å². The van der Waals surface area contributed by atoms with Crippen molar-refractivity contribution in [3.63, 3.8) is 0 Å². The van der Waals surface area contributed by atoms with E-state index in [1.54, 1.807) is 6.20 Å². The lowest BCUT2D eigenvalue weighted by atomic mass is 10.1. The molecule has 144 valence electrons. The van der Waals surface area contributed by atoms with Crippen molar-refractivity contribution in [2.75, 3.05) is 18.4 Å². The van der Waals surface area contributed by atoms with Gasteiger partial charge in [-0.25, -0.2) is 0 Å². The highest BCUT2D eigenvalue weighted by Crippen LogP contribution is 2.11. The average molecular weight is 375 g/mol. The zero-order chi connectivity index (χ0) is 19.6. The summed E-state index contributed by atoms with van der Waals surface area (Å²) in [4.78, 5) is 16.5. The van der Waals surface area contributed by atoms with Crippen LogP contribution in [-0.2, 0) is 17.6 Å². The van der Waals surface area contributed by atoms with Gasteiger partial charge in [0, 0.05) is 24.1 Å². The van der Waals surface area contributed by atoms with E-state index in [2.05, 4.69) is 15.6 Å². The quantitative estimate of drug-likeness (QED) is 0.503. The van der Waals surface area contributed by atoms with Crippen LogP contribution in [0, 0.1) is 0 Å². The monoisotopic (exact) mass is 375 g/mol. The molecule has 28 heavy (non-hydrogen) atoms. The van der Waals surface area contributed by atoms with E-state index in [4.69, 9.17) is 0 Å². The Balaban J connectivity index is 1.43. The normalized spacial score (nSPS) is 11.8. The lowest BCUT2D eigenvalue weighted by molar-refractivity contribution is -0.115. The molecular formula is C23H25N3O2. The fourth-order valence-electron chi connectivity index (χ4n) is 2.94. The number of anilines is 1. The van der Waals surface area contributed by atoms with Gasteiger partial charge in [0.05, 0.1) is 12.5 Å². The van der Waals surface area contributed by atoms with Crippen LogP contribution in [0.15, 0.2) is 79.0 Å². The standard InChI is InChI=1S/C23H25N3O2/c27-22(19-7-3-1-4-8-19)17-24-13-11-18-12-14-25-21(15-18)16-23(28)26-20-9-5-2-6-10-20/h1-10,12,14-15,22,24,27H,11,13,16-17H2,(H,26,28)/t22-/m0/s1. The zero-order valence-corrected chi connectivity index (χ0v) is 15.7. The zero-order valence-electron chi connectivity index (χ0n) is 15.7. The molecule has 5 heteroatoms. The second-order valence-electron chi connectivity index (χ2n) is 6.63. The third kappa shape index (κ3) is 6.30. The summed E-state index contributed by atoms with van der Waals surface area (Å²) in [7, 11) is 0. The van der Waals surface area contributed by atoms with E-state index in [1.807, 2.05) is 72.8 Å². The summed E-state index contributed by atoms with van der Waals surface area (Å²) >= 11 is 0. The lowest BCUT2D eigenvalue weighted by Gasteiger charge is -2.12. The summed E-state index contributed by atoms with van der Waals surface area (Å²) < 4.78 is 0. The number of hydrogen-bond acceptors (Lipinski definition) is 4. The minimum absolute atomic E-state index is 0.0834. The van der Waals surface area contributed by atoms with Crippen LogP contribution in [0.3, 0.4) is 0 Å². The summed E-state index contributed by atoms with van der Waals surface area (Å²) in [5, 5.41) is 16.3. The molecule has 1 heterocycles. The molecule has 0 fully saturated rings. The number of aliphatic hydroxyl groups excluding tert-OH is 1. The van der Waals surface area contributed by atoms with Gasteiger partial charge in [-0.15, -0.1) is 0 Å². The summed E-state index contributed by atoms with van der Waals surface area (Å²) in [6.07, 6.45) is 2.26. The third-order valence-electron chi connectivity index (χ3n) is 4.39. The van der Waals surface area contributed by atoms with Crippen LogP contribution in [0.4, 0.5) is 5.69 Å². The number of aliphatic hydroxyl groups is 1. The van der Waals surface area contributed by atoms with Crippen molar-refractivity contribution in [2.24, 2.45) is 0 Å². The first-order valence-electron chi connectivity index (χ1n) is 9.43. The minimum atomic E-state index is -0.518. The molecule has 0 aliphatic heterocycles. The van der Waals surface area contributed by atoms with Crippen LogP contribution >= 0.6 is 0 Å². The number of aromatic nitrogens is 1. The molecule has 3 N–H and O–H groups in total. The molecule has 0 radical (unpaired) electrons. The van der Waals surface area contributed by atoms with E-state index < -0.39 is 6.10 Å². The number of pyridine rings is 1. The van der Waals surface area contributed by atoms with E-state index in [0.717, 1.165) is 35.5 Å². The van der Waals surface area contributed by atoms with Crippen LogP contribution in [0.2, 0.25) is 0 Å². The highest BCUT2D eigenvalue weighted by molar-refractivity contribution is 5.91. The molecule has 5 nitrogen and oxygen atoms in total. The molecule has 0 aliphatic rings. The number of carbonyl (C=O) groups excluding carboxylic acids is 1. The van der Waals surface area contributed by atoms with Gasteiger partial charge in [0.15, 0.2) is 0 Å². The van der Waals surface area contributed by atoms with Crippen LogP contribution in [0.1, 0.15) is 22.9 Å². The molecule has 0 saturated carbocycles. The Morgan fingerprint density at radius 2 is 1.71 bits per heavy atom. The largest absolute Gasteiger partial charge is 0.387 e. The average Bonchev–Trinajstić information content (AvgIpc) is 2.72. The fraction of sp³-hybridized carbons (Fsp3) is 0.217. The fourth-order valence-corrected chi connectivity index (χ4v) is 2.94. The van der Waals surface area contributed by atoms with Gasteiger partial charge in [0.1, 0.15) is 0 Å². The van der Waals surface area contributed by atoms with E-state index in [-0.39, 0.29) is 12.3 Å². The number of rotatable bonds is 9. The molecular weight excluding hydrogens is 350 g/mol. The Bertz CT molecular complexity index is 869. The molecule has 2 aromatic carbocycles. The maximum atomic E-state index is 12.2. The molecule has 1 aromatic heterocycles. The number of benzene rings is 2. The highest BCUT2D eigenvalue weighted by Gasteiger charge is 2.07. The van der Waals surface area contributed by atoms with Gasteiger partial charge in [-0.2, -0.15) is 0 Å². The number of nitrogens with zero attached hydrogens (tertiary/aromatic N) is 1. The molecule has 3 rings (SSSR count). The minimum Gasteiger partial charge on any atom is -0.387 e. The molecule has 0 spiro atoms. The molecule has 3 aromatic rings. The number of nitrogens with one attached hydrogen (secondary N) is 2. The van der Waals surface area contributed by atoms with Crippen molar-refractivity contribution >= 4 is 11.6 Å². The Morgan fingerprint density at radius 3 is 2.46 bits per heavy atom. The first-order valence-corrected chi connectivity index (χ1v) is 9.43. The van der Waals surface area contributed by atoms with Crippen molar-refractivity contribution in [1.82, 2.24) is 10.3 Å². The van der Waals surface area contributed by atoms with Crippen LogP contribution < -0.4 is 10.6 Å². The predicted octanol–water partition coefficient (Wildman–Crippen LogP) is 3.13. The van der Waals surface area contributed by atoms with E-state index in [9.17, 15) is 9.90 Å². The smallest absolute Gasteiger partial charge is 0.230 e. The Labute approximate surface area is 165 Å². The van der Waals surface area contributed by atoms with Gasteiger partial charge >= 0.3 is 0 Å². The van der Waals surface area contributed by atoms with Gasteiger partial charge in [0.25, 0.3) is 0 Å². The molecule has 0 unspecified atom stereocenters. The molecule has 1 atom stereocenters. The van der Waals surface area contributed by atoms with Crippen molar-refractivity contribution in [3.8, 4) is 0 Å². The molecule has 0 bridgehead atoms. The third-order valence-corrected chi connectivity index (χ3v) is 4.39. The molecule has 0 aliphatic carbocycles. The highest BCUT2D eigenvalue weighted by atomic mass is 16.3. The van der Waals surface area contributed by atoms with Crippen LogP contribution in [0.25, 0.3) is 0 Å². The summed E-state index contributed by atoms with van der Waals surface area (Å²) in [5.41, 5.74) is 3.55. The maximum Gasteiger partial charge on any atom is 0.230 e. The number of amides is 1. The van der Waals surface area contributed by atoms with E-state index >= 15 is 0 Å². The van der Waals surface area contributed by atoms with Gasteiger partial charge in [0.2, 0.25) is 5.91 Å². The van der Waals surface area contributed by atoms with Crippen molar-refractivity contribution < 1.29 is 9.90 Å². The SMILES string of the molecule is O=C(Cc1cc(CCNC[C@H](O)c2ccccc2)ccn1)Nc1ccccc1. The van der Waals surface area contributed by atoms with Crippen molar-refractivity contribution in [1.29, 1.82) is 0 Å². The lowest BCUT2D eigenvalue weighted by Crippen LogP contribution is -2.23. The Hall–Kier alpha value is -3.02. The topological polar surface area (TPSA) is 74.2 Å². The summed E-state index contributed by atoms with van der Waals surface area (Å²) in [6, 6.07) is 22.9. The van der Waals surface area contributed by atoms with Crippen molar-refractivity contribution in [2.45, 2.75) is 18.9 Å². The second-order valence-corrected chi connectivity index (χ2v) is 6.63. The first kappa shape index (κ1) is 19.7. The summed E-state index contributed by atoms with van der Waals surface area (Å²) in [6.45, 7) is 1.24. The number of hydrogen-bond donors (Lipinski definition) is 3. The maximum absolute atomic E-state index is 12.2. The molecule has 0 saturated heterocycles. The first-order chi connectivity index (χ1) is 13.7. The van der Waals surface area contributed by atoms with Gasteiger partial charge in [-0.1, -0.05) is 48.5 Å². The van der Waals surface area contributed by atoms with E-state index in [1.165, 1.54) is 0 Å². The number of carbonyl (C=O) groups is 1. The van der Waals surface area contributed by atoms with E-state index in [0.29, 0.717) is 6.54 Å². The second kappa shape index (κ2) is 10.3. The summed E-state index contributed by atoms with van der Waals surface area (Å²) in [5.74, 6) is -0.0834. The van der Waals surface area contributed by atoms with Crippen LogP contribution in [0.5, 0.6) is 0 Å². The van der Waals surface area contributed by atoms with Gasteiger partial charge < -0.3 is 15.7 Å². The predicted molar refractivity (Wildman–Crippen MR) is 111 cm³/mol.